The second kappa shape index (κ2) is 4.12. The van der Waals surface area contributed by atoms with Crippen LogP contribution in [-0.4, -0.2) is 19.0 Å². The van der Waals surface area contributed by atoms with E-state index in [4.69, 9.17) is 0 Å². The summed E-state index contributed by atoms with van der Waals surface area (Å²) in [6, 6.07) is 5.43. The molecule has 1 heterocycles. The highest BCUT2D eigenvalue weighted by molar-refractivity contribution is 5.74. The lowest BCUT2D eigenvalue weighted by Crippen LogP contribution is -2.52. The Kier molecular flexibility index (Phi) is 2.92. The fraction of sp³-hybridized carbons (Fsp3) is 0.364. The van der Waals surface area contributed by atoms with Gasteiger partial charge < -0.3 is 0 Å². The minimum Gasteiger partial charge on any atom is -0.298 e. The largest absolute Gasteiger partial charge is 0.412 e. The Labute approximate surface area is 96.0 Å². The van der Waals surface area contributed by atoms with Crippen LogP contribution in [0.5, 0.6) is 0 Å². The van der Waals surface area contributed by atoms with Gasteiger partial charge in [-0.2, -0.15) is 13.2 Å². The third kappa shape index (κ3) is 1.94. The number of rotatable bonds is 2. The molecular formula is C11H11F3N2O. The number of alkyl halides is 3. The summed E-state index contributed by atoms with van der Waals surface area (Å²) in [5.41, 5.74) is 3.22. The molecule has 0 amide bonds. The number of carbonyl (C=O) groups excluding carboxylic acids is 1. The van der Waals surface area contributed by atoms with E-state index in [1.54, 1.807) is 0 Å². The van der Waals surface area contributed by atoms with E-state index in [0.29, 0.717) is 11.8 Å². The van der Waals surface area contributed by atoms with Crippen molar-refractivity contribution in [2.45, 2.75) is 18.1 Å². The molecule has 1 atom stereocenters. The molecule has 0 aromatic heterocycles. The highest BCUT2D eigenvalue weighted by Gasteiger charge is 2.57. The fourth-order valence-electron chi connectivity index (χ4n) is 1.96. The number of halogens is 3. The van der Waals surface area contributed by atoms with E-state index >= 15 is 0 Å². The Morgan fingerprint density at radius 2 is 1.88 bits per heavy atom. The lowest BCUT2D eigenvalue weighted by atomic mass is 9.87. The van der Waals surface area contributed by atoms with Crippen molar-refractivity contribution < 1.29 is 18.0 Å². The first kappa shape index (κ1) is 12.1. The number of nitrogens with one attached hydrogen (secondary N) is 2. The van der Waals surface area contributed by atoms with E-state index in [0.717, 1.165) is 0 Å². The summed E-state index contributed by atoms with van der Waals surface area (Å²) in [5, 5.41) is 0. The molecule has 2 N–H and O–H groups in total. The molecule has 2 rings (SSSR count). The van der Waals surface area contributed by atoms with Crippen molar-refractivity contribution in [1.82, 2.24) is 10.9 Å². The summed E-state index contributed by atoms with van der Waals surface area (Å²) < 4.78 is 39.3. The van der Waals surface area contributed by atoms with Crippen LogP contribution in [0.15, 0.2) is 24.3 Å². The molecule has 0 saturated carbocycles. The molecule has 0 spiro atoms. The normalized spacial score (nSPS) is 24.9. The van der Waals surface area contributed by atoms with Gasteiger partial charge in [0.25, 0.3) is 0 Å². The Balaban J connectivity index is 2.42. The number of hydrogen-bond donors (Lipinski definition) is 2. The van der Waals surface area contributed by atoms with Crippen molar-refractivity contribution in [3.05, 3.63) is 35.4 Å². The van der Waals surface area contributed by atoms with Crippen molar-refractivity contribution in [2.75, 3.05) is 6.54 Å². The first-order valence-corrected chi connectivity index (χ1v) is 5.12. The van der Waals surface area contributed by atoms with E-state index in [1.165, 1.54) is 24.3 Å². The Morgan fingerprint density at radius 1 is 1.24 bits per heavy atom. The van der Waals surface area contributed by atoms with Crippen LogP contribution in [0.2, 0.25) is 0 Å². The predicted molar refractivity (Wildman–Crippen MR) is 55.3 cm³/mol. The monoisotopic (exact) mass is 244 g/mol. The molecule has 1 aliphatic rings. The van der Waals surface area contributed by atoms with Crippen LogP contribution in [0.4, 0.5) is 13.2 Å². The Bertz CT molecular complexity index is 408. The van der Waals surface area contributed by atoms with E-state index < -0.39 is 11.7 Å². The predicted octanol–water partition coefficient (Wildman–Crippen LogP) is 1.75. The molecule has 3 nitrogen and oxygen atoms in total. The number of hydrogen-bond acceptors (Lipinski definition) is 3. The van der Waals surface area contributed by atoms with E-state index in [-0.39, 0.29) is 18.5 Å². The molecular weight excluding hydrogens is 233 g/mol. The Morgan fingerprint density at radius 3 is 2.29 bits per heavy atom. The highest BCUT2D eigenvalue weighted by Crippen LogP contribution is 2.42. The maximum absolute atomic E-state index is 13.1. The Hall–Kier alpha value is -1.40. The molecule has 1 aliphatic heterocycles. The second-order valence-corrected chi connectivity index (χ2v) is 3.94. The van der Waals surface area contributed by atoms with Crippen molar-refractivity contribution >= 4 is 6.29 Å². The lowest BCUT2D eigenvalue weighted by molar-refractivity contribution is -0.197. The fourth-order valence-corrected chi connectivity index (χ4v) is 1.96. The summed E-state index contributed by atoms with van der Waals surface area (Å²) in [5.74, 6) is 0. The van der Waals surface area contributed by atoms with Crippen molar-refractivity contribution in [1.29, 1.82) is 0 Å². The van der Waals surface area contributed by atoms with Crippen molar-refractivity contribution in [2.24, 2.45) is 0 Å². The lowest BCUT2D eigenvalue weighted by Gasteiger charge is -2.31. The molecule has 1 unspecified atom stereocenters. The van der Waals surface area contributed by atoms with E-state index in [9.17, 15) is 18.0 Å². The molecule has 1 aromatic rings. The smallest absolute Gasteiger partial charge is 0.298 e. The van der Waals surface area contributed by atoms with Crippen LogP contribution in [0, 0.1) is 0 Å². The van der Waals surface area contributed by atoms with Crippen LogP contribution in [0.25, 0.3) is 0 Å². The summed E-state index contributed by atoms with van der Waals surface area (Å²) in [7, 11) is 0. The van der Waals surface area contributed by atoms with Crippen LogP contribution >= 0.6 is 0 Å². The molecule has 0 radical (unpaired) electrons. The molecule has 1 saturated heterocycles. The summed E-state index contributed by atoms with van der Waals surface area (Å²) in [6.07, 6.45) is -3.86. The number of benzene rings is 1. The van der Waals surface area contributed by atoms with E-state index in [2.05, 4.69) is 10.9 Å². The third-order valence-corrected chi connectivity index (χ3v) is 2.95. The average molecular weight is 244 g/mol. The van der Waals surface area contributed by atoms with Crippen LogP contribution < -0.4 is 10.9 Å². The molecule has 0 aliphatic carbocycles. The topological polar surface area (TPSA) is 41.1 Å². The maximum Gasteiger partial charge on any atom is 0.412 e. The van der Waals surface area contributed by atoms with Gasteiger partial charge in [-0.15, -0.1) is 0 Å². The molecule has 1 fully saturated rings. The number of aldehydes is 1. The molecule has 1 aromatic carbocycles. The number of hydrazine groups is 1. The van der Waals surface area contributed by atoms with Crippen molar-refractivity contribution in [3.63, 3.8) is 0 Å². The van der Waals surface area contributed by atoms with Crippen LogP contribution in [-0.2, 0) is 5.54 Å². The average Bonchev–Trinajstić information content (AvgIpc) is 2.79. The van der Waals surface area contributed by atoms with Gasteiger partial charge in [-0.25, -0.2) is 5.43 Å². The van der Waals surface area contributed by atoms with Gasteiger partial charge in [-0.1, -0.05) is 24.3 Å². The van der Waals surface area contributed by atoms with E-state index in [1.807, 2.05) is 0 Å². The third-order valence-electron chi connectivity index (χ3n) is 2.95. The van der Waals surface area contributed by atoms with Gasteiger partial charge in [0.1, 0.15) is 6.29 Å². The standard InChI is InChI=1S/C11H11F3N2O/c12-11(13,14)10(5-6-15-16-10)9-3-1-8(7-17)2-4-9/h1-4,7,15-16H,5-6H2. The zero-order chi connectivity index (χ0) is 12.5. The molecule has 0 bridgehead atoms. The molecule has 6 heteroatoms. The van der Waals surface area contributed by atoms with Gasteiger partial charge in [-0.3, -0.25) is 10.2 Å². The van der Waals surface area contributed by atoms with Gasteiger partial charge in [0.15, 0.2) is 5.54 Å². The number of carbonyl (C=O) groups is 1. The van der Waals surface area contributed by atoms with Gasteiger partial charge in [0.2, 0.25) is 0 Å². The van der Waals surface area contributed by atoms with Gasteiger partial charge >= 0.3 is 6.18 Å². The van der Waals surface area contributed by atoms with Crippen molar-refractivity contribution in [3.8, 4) is 0 Å². The highest BCUT2D eigenvalue weighted by atomic mass is 19.4. The molecule has 17 heavy (non-hydrogen) atoms. The van der Waals surface area contributed by atoms with Crippen LogP contribution in [0.1, 0.15) is 22.3 Å². The second-order valence-electron chi connectivity index (χ2n) is 3.94. The van der Waals surface area contributed by atoms with Gasteiger partial charge in [-0.05, 0) is 12.0 Å². The summed E-state index contributed by atoms with van der Waals surface area (Å²) in [4.78, 5) is 10.5. The summed E-state index contributed by atoms with van der Waals surface area (Å²) >= 11 is 0. The minimum absolute atomic E-state index is 0.0725. The van der Waals surface area contributed by atoms with Crippen LogP contribution in [0.3, 0.4) is 0 Å². The zero-order valence-corrected chi connectivity index (χ0v) is 8.84. The summed E-state index contributed by atoms with van der Waals surface area (Å²) in [6.45, 7) is 0.245. The first-order chi connectivity index (χ1) is 7.99. The maximum atomic E-state index is 13.1. The zero-order valence-electron chi connectivity index (χ0n) is 8.84. The minimum atomic E-state index is -4.39. The first-order valence-electron chi connectivity index (χ1n) is 5.12. The molecule has 92 valence electrons. The quantitative estimate of drug-likeness (QED) is 0.779. The van der Waals surface area contributed by atoms with Gasteiger partial charge in [0.05, 0.1) is 0 Å². The van der Waals surface area contributed by atoms with Gasteiger partial charge in [0, 0.05) is 12.1 Å². The SMILES string of the molecule is O=Cc1ccc(C2(C(F)(F)F)CCNN2)cc1.